The number of oxazole rings is 1. The lowest BCUT2D eigenvalue weighted by Gasteiger charge is -2.41. The number of hydrogen-bond donors (Lipinski definition) is 2. The van der Waals surface area contributed by atoms with E-state index in [-0.39, 0.29) is 39.9 Å². The molecule has 2 aromatic heterocycles. The van der Waals surface area contributed by atoms with Crippen LogP contribution in [0.4, 0.5) is 14.5 Å². The second-order valence-corrected chi connectivity index (χ2v) is 13.6. The number of sulfonamides is 1. The van der Waals surface area contributed by atoms with Gasteiger partial charge >= 0.3 is 0 Å². The number of nitrogens with two attached hydrogens (primary N) is 1. The van der Waals surface area contributed by atoms with Crippen LogP contribution in [0, 0.1) is 11.6 Å². The maximum Gasteiger partial charge on any atom is 0.255 e. The first-order chi connectivity index (χ1) is 23.0. The molecule has 6 aromatic rings. The van der Waals surface area contributed by atoms with E-state index in [1.807, 2.05) is 0 Å². The number of amides is 1. The van der Waals surface area contributed by atoms with Gasteiger partial charge in [0.2, 0.25) is 15.9 Å². The lowest BCUT2D eigenvalue weighted by Crippen LogP contribution is -2.52. The molecule has 10 nitrogen and oxygen atoms in total. The number of para-hydroxylation sites is 1. The third kappa shape index (κ3) is 5.34. The van der Waals surface area contributed by atoms with Crippen LogP contribution in [-0.4, -0.2) is 51.8 Å². The molecule has 0 spiro atoms. The van der Waals surface area contributed by atoms with E-state index in [0.717, 1.165) is 6.26 Å². The first-order valence-corrected chi connectivity index (χ1v) is 16.9. The van der Waals surface area contributed by atoms with Crippen LogP contribution in [0.25, 0.3) is 56.0 Å². The molecule has 0 atom stereocenters. The molecule has 0 saturated heterocycles. The Balaban J connectivity index is 1.52. The molecule has 246 valence electrons. The second-order valence-electron chi connectivity index (χ2n) is 11.7. The Hall–Kier alpha value is -5.27. The summed E-state index contributed by atoms with van der Waals surface area (Å²) < 4.78 is 74.5. The molecule has 13 heteroatoms. The van der Waals surface area contributed by atoms with Gasteiger partial charge in [-0.3, -0.25) is 9.10 Å². The van der Waals surface area contributed by atoms with Crippen LogP contribution >= 0.6 is 0 Å². The molecular formula is C35H30F2N4O6S. The zero-order valence-electron chi connectivity index (χ0n) is 26.1. The van der Waals surface area contributed by atoms with E-state index in [9.17, 15) is 22.0 Å². The van der Waals surface area contributed by atoms with Gasteiger partial charge in [-0.15, -0.1) is 0 Å². The molecule has 7 rings (SSSR count). The average Bonchev–Trinajstić information content (AvgIpc) is 3.65. The Morgan fingerprint density at radius 2 is 1.71 bits per heavy atom. The van der Waals surface area contributed by atoms with E-state index in [2.05, 4.69) is 10.3 Å². The van der Waals surface area contributed by atoms with Crippen molar-refractivity contribution in [3.8, 4) is 39.7 Å². The molecular weight excluding hydrogens is 642 g/mol. The number of nitrogens with zero attached hydrogens (tertiary/aromatic N) is 2. The number of benzene rings is 4. The summed E-state index contributed by atoms with van der Waals surface area (Å²) in [5.74, 6) is -0.805. The summed E-state index contributed by atoms with van der Waals surface area (Å²) in [5.41, 5.74) is 8.93. The van der Waals surface area contributed by atoms with Crippen LogP contribution in [0.15, 0.2) is 81.6 Å². The van der Waals surface area contributed by atoms with E-state index in [1.54, 1.807) is 36.4 Å². The predicted molar refractivity (Wildman–Crippen MR) is 178 cm³/mol. The molecule has 0 unspecified atom stereocenters. The zero-order chi connectivity index (χ0) is 33.9. The number of furan rings is 1. The highest BCUT2D eigenvalue weighted by molar-refractivity contribution is 7.92. The van der Waals surface area contributed by atoms with Crippen LogP contribution in [0.5, 0.6) is 5.75 Å². The number of halogens is 2. The smallest absolute Gasteiger partial charge is 0.255 e. The normalized spacial score (nSPS) is 16.2. The summed E-state index contributed by atoms with van der Waals surface area (Å²) in [5, 5.41) is 3.04. The van der Waals surface area contributed by atoms with Gasteiger partial charge in [-0.25, -0.2) is 22.2 Å². The Bertz CT molecular complexity index is 2330. The molecule has 48 heavy (non-hydrogen) atoms. The van der Waals surface area contributed by atoms with E-state index < -0.39 is 33.6 Å². The van der Waals surface area contributed by atoms with Crippen LogP contribution in [-0.2, 0) is 10.0 Å². The van der Waals surface area contributed by atoms with Gasteiger partial charge in [0.05, 0.1) is 30.2 Å². The quantitative estimate of drug-likeness (QED) is 0.187. The number of ether oxygens (including phenoxy) is 1. The van der Waals surface area contributed by atoms with Gasteiger partial charge in [0, 0.05) is 41.7 Å². The minimum absolute atomic E-state index is 0.0496. The van der Waals surface area contributed by atoms with E-state index in [0.29, 0.717) is 51.9 Å². The zero-order valence-corrected chi connectivity index (χ0v) is 26.9. The fourth-order valence-corrected chi connectivity index (χ4v) is 7.46. The fourth-order valence-electron chi connectivity index (χ4n) is 6.24. The molecule has 0 aliphatic heterocycles. The number of rotatable bonds is 8. The van der Waals surface area contributed by atoms with E-state index >= 15 is 0 Å². The summed E-state index contributed by atoms with van der Waals surface area (Å²) in [4.78, 5) is 17.8. The molecule has 0 radical (unpaired) electrons. The van der Waals surface area contributed by atoms with Crippen molar-refractivity contribution in [3.05, 3.63) is 90.0 Å². The van der Waals surface area contributed by atoms with Crippen molar-refractivity contribution in [1.82, 2.24) is 10.3 Å². The highest BCUT2D eigenvalue weighted by atomic mass is 32.2. The minimum atomic E-state index is -3.86. The van der Waals surface area contributed by atoms with Crippen molar-refractivity contribution in [2.45, 2.75) is 24.9 Å². The topological polar surface area (TPSA) is 141 Å². The molecule has 1 aliphatic rings. The SMILES string of the molecule is CNC(=O)c1c(-c2ccc(F)cc2)oc2cc(N(C3CC(N)C3)S(C)(=O)=O)c(-c3ccc(OC)c(-c4nc5c(F)cccc5o4)c3)cc12. The Morgan fingerprint density at radius 3 is 2.35 bits per heavy atom. The van der Waals surface area contributed by atoms with Gasteiger partial charge < -0.3 is 24.6 Å². The van der Waals surface area contributed by atoms with Gasteiger partial charge in [-0.05, 0) is 73.0 Å². The van der Waals surface area contributed by atoms with Crippen molar-refractivity contribution in [2.75, 3.05) is 24.7 Å². The van der Waals surface area contributed by atoms with Gasteiger partial charge in [0.25, 0.3) is 5.91 Å². The Labute approximate surface area is 274 Å². The van der Waals surface area contributed by atoms with Crippen LogP contribution in [0.1, 0.15) is 23.2 Å². The largest absolute Gasteiger partial charge is 0.496 e. The van der Waals surface area contributed by atoms with Crippen LogP contribution in [0.3, 0.4) is 0 Å². The monoisotopic (exact) mass is 672 g/mol. The van der Waals surface area contributed by atoms with E-state index in [4.69, 9.17) is 19.3 Å². The molecule has 1 saturated carbocycles. The predicted octanol–water partition coefficient (Wildman–Crippen LogP) is 6.48. The number of methoxy groups -OCH3 is 1. The Morgan fingerprint density at radius 1 is 0.979 bits per heavy atom. The number of fused-ring (bicyclic) bond motifs is 2. The third-order valence-corrected chi connectivity index (χ3v) is 9.76. The molecule has 4 aromatic carbocycles. The molecule has 3 N–H and O–H groups in total. The van der Waals surface area contributed by atoms with Crippen molar-refractivity contribution < 1.29 is 35.6 Å². The van der Waals surface area contributed by atoms with Crippen molar-refractivity contribution >= 4 is 43.7 Å². The van der Waals surface area contributed by atoms with Crippen molar-refractivity contribution in [2.24, 2.45) is 5.73 Å². The first-order valence-electron chi connectivity index (χ1n) is 15.0. The summed E-state index contributed by atoms with van der Waals surface area (Å²) in [6, 6.07) is 17.7. The number of hydrogen-bond acceptors (Lipinski definition) is 8. The number of aromatic nitrogens is 1. The summed E-state index contributed by atoms with van der Waals surface area (Å²) in [6.45, 7) is 0. The summed E-state index contributed by atoms with van der Waals surface area (Å²) in [6.07, 6.45) is 2.00. The van der Waals surface area contributed by atoms with Gasteiger partial charge in [0.15, 0.2) is 11.4 Å². The highest BCUT2D eigenvalue weighted by Gasteiger charge is 2.38. The first kappa shape index (κ1) is 31.3. The summed E-state index contributed by atoms with van der Waals surface area (Å²) in [7, 11) is -0.905. The number of carbonyl (C=O) groups is 1. The molecule has 2 heterocycles. The van der Waals surface area contributed by atoms with Crippen molar-refractivity contribution in [3.63, 3.8) is 0 Å². The lowest BCUT2D eigenvalue weighted by molar-refractivity contribution is 0.0964. The third-order valence-electron chi connectivity index (χ3n) is 8.55. The summed E-state index contributed by atoms with van der Waals surface area (Å²) >= 11 is 0. The van der Waals surface area contributed by atoms with Gasteiger partial charge in [-0.2, -0.15) is 0 Å². The Kier molecular flexibility index (Phi) is 7.68. The maximum atomic E-state index is 14.6. The average molecular weight is 673 g/mol. The number of nitrogens with one attached hydrogen (secondary N) is 1. The van der Waals surface area contributed by atoms with Gasteiger partial charge in [0.1, 0.15) is 28.4 Å². The minimum Gasteiger partial charge on any atom is -0.496 e. The van der Waals surface area contributed by atoms with Crippen LogP contribution in [0.2, 0.25) is 0 Å². The van der Waals surface area contributed by atoms with Crippen LogP contribution < -0.4 is 20.1 Å². The molecule has 0 bridgehead atoms. The molecule has 1 fully saturated rings. The lowest BCUT2D eigenvalue weighted by atomic mass is 9.87. The number of carbonyl (C=O) groups excluding carboxylic acids is 1. The van der Waals surface area contributed by atoms with E-state index in [1.165, 1.54) is 54.9 Å². The molecule has 1 amide bonds. The second kappa shape index (κ2) is 11.8. The van der Waals surface area contributed by atoms with Gasteiger partial charge in [-0.1, -0.05) is 12.1 Å². The number of anilines is 1. The highest BCUT2D eigenvalue weighted by Crippen LogP contribution is 2.45. The maximum absolute atomic E-state index is 14.6. The van der Waals surface area contributed by atoms with Crippen molar-refractivity contribution in [1.29, 1.82) is 0 Å². The fraction of sp³-hybridized carbons (Fsp3) is 0.200. The molecule has 1 aliphatic carbocycles. The standard InChI is InChI=1S/C35H30F2N4O6S/c1-39-34(42)31-24-16-23(19-9-12-28(45-2)25(13-19)35-40-32-26(37)5-4-6-29(32)47-35)27(41(48(3,43)44)22-14-21(38)15-22)17-30(24)46-33(31)18-7-10-20(36)11-8-18/h4-13,16-17,21-22H,14-15,38H2,1-3H3,(H,39,42).